The van der Waals surface area contributed by atoms with Crippen LogP contribution in [0.25, 0.3) is 0 Å². The highest BCUT2D eigenvalue weighted by molar-refractivity contribution is 5.87. The normalized spacial score (nSPS) is 10.3. The van der Waals surface area contributed by atoms with E-state index in [2.05, 4.69) is 18.3 Å². The Bertz CT molecular complexity index is 593. The number of hydrogen-bond acceptors (Lipinski definition) is 3. The molecule has 0 fully saturated rings. The van der Waals surface area contributed by atoms with Crippen LogP contribution >= 0.6 is 0 Å². The van der Waals surface area contributed by atoms with Gasteiger partial charge in [-0.25, -0.2) is 4.79 Å². The van der Waals surface area contributed by atoms with E-state index in [1.165, 1.54) is 5.56 Å². The third-order valence-corrected chi connectivity index (χ3v) is 3.08. The fourth-order valence-corrected chi connectivity index (χ4v) is 1.92. The zero-order valence-corrected chi connectivity index (χ0v) is 12.0. The zero-order valence-electron chi connectivity index (χ0n) is 12.0. The van der Waals surface area contributed by atoms with Gasteiger partial charge in [0.2, 0.25) is 0 Å². The summed E-state index contributed by atoms with van der Waals surface area (Å²) in [4.78, 5) is 10.8. The number of carbonyl (C=O) groups is 1. The summed E-state index contributed by atoms with van der Waals surface area (Å²) in [7, 11) is 0. The molecule has 0 radical (unpaired) electrons. The van der Waals surface area contributed by atoms with Crippen LogP contribution in [-0.4, -0.2) is 17.6 Å². The number of hydrogen-bond donors (Lipinski definition) is 2. The monoisotopic (exact) mass is 285 g/mol. The van der Waals surface area contributed by atoms with Gasteiger partial charge in [0.05, 0.1) is 5.56 Å². The summed E-state index contributed by atoms with van der Waals surface area (Å²) in [6.45, 7) is 4.24. The highest BCUT2D eigenvalue weighted by Crippen LogP contribution is 2.15. The van der Waals surface area contributed by atoms with E-state index < -0.39 is 5.97 Å². The van der Waals surface area contributed by atoms with Crippen LogP contribution in [0.3, 0.4) is 0 Å². The maximum atomic E-state index is 10.8. The fraction of sp³-hybridized carbons (Fsp3) is 0.235. The maximum Gasteiger partial charge on any atom is 0.335 e. The Hall–Kier alpha value is -2.33. The third kappa shape index (κ3) is 4.61. The van der Waals surface area contributed by atoms with E-state index in [1.54, 1.807) is 24.3 Å². The van der Waals surface area contributed by atoms with Gasteiger partial charge in [-0.3, -0.25) is 0 Å². The summed E-state index contributed by atoms with van der Waals surface area (Å²) in [5.41, 5.74) is 2.40. The van der Waals surface area contributed by atoms with Crippen molar-refractivity contribution in [2.45, 2.75) is 20.1 Å². The topological polar surface area (TPSA) is 58.6 Å². The van der Waals surface area contributed by atoms with Crippen LogP contribution in [0.2, 0.25) is 0 Å². The minimum atomic E-state index is -0.918. The molecule has 0 aliphatic rings. The van der Waals surface area contributed by atoms with Crippen molar-refractivity contribution in [3.05, 3.63) is 65.2 Å². The standard InChI is InChI=1S/C17H19NO3/c1-2-18-11-14-4-3-5-16(10-14)21-12-13-6-8-15(9-7-13)17(19)20/h3-10,18H,2,11-12H2,1H3,(H,19,20). The molecule has 0 spiro atoms. The number of aromatic carboxylic acids is 1. The van der Waals surface area contributed by atoms with Crippen molar-refractivity contribution in [3.8, 4) is 5.75 Å². The van der Waals surface area contributed by atoms with E-state index in [0.717, 1.165) is 24.4 Å². The van der Waals surface area contributed by atoms with Crippen LogP contribution in [0.1, 0.15) is 28.4 Å². The molecule has 0 bridgehead atoms. The molecule has 0 saturated carbocycles. The second kappa shape index (κ2) is 7.45. The molecule has 2 N–H and O–H groups in total. The average Bonchev–Trinajstić information content (AvgIpc) is 2.52. The Morgan fingerprint density at radius 3 is 2.57 bits per heavy atom. The lowest BCUT2D eigenvalue weighted by Crippen LogP contribution is -2.11. The van der Waals surface area contributed by atoms with E-state index in [1.807, 2.05) is 18.2 Å². The summed E-state index contributed by atoms with van der Waals surface area (Å²) in [5, 5.41) is 12.1. The van der Waals surface area contributed by atoms with E-state index in [-0.39, 0.29) is 5.56 Å². The molecule has 0 saturated heterocycles. The minimum Gasteiger partial charge on any atom is -0.489 e. The number of rotatable bonds is 7. The van der Waals surface area contributed by atoms with Gasteiger partial charge in [0, 0.05) is 6.54 Å². The van der Waals surface area contributed by atoms with Gasteiger partial charge in [-0.05, 0) is 41.9 Å². The van der Waals surface area contributed by atoms with Crippen molar-refractivity contribution in [1.29, 1.82) is 0 Å². The molecule has 2 rings (SSSR count). The summed E-state index contributed by atoms with van der Waals surface area (Å²) in [6.07, 6.45) is 0. The van der Waals surface area contributed by atoms with Gasteiger partial charge in [0.25, 0.3) is 0 Å². The van der Waals surface area contributed by atoms with Crippen molar-refractivity contribution in [1.82, 2.24) is 5.32 Å². The first kappa shape index (κ1) is 15.1. The first-order valence-corrected chi connectivity index (χ1v) is 6.93. The van der Waals surface area contributed by atoms with Gasteiger partial charge in [-0.15, -0.1) is 0 Å². The minimum absolute atomic E-state index is 0.284. The SMILES string of the molecule is CCNCc1cccc(OCc2ccc(C(=O)O)cc2)c1. The average molecular weight is 285 g/mol. The van der Waals surface area contributed by atoms with Crippen LogP contribution in [0.4, 0.5) is 0 Å². The second-order valence-electron chi connectivity index (χ2n) is 4.72. The van der Waals surface area contributed by atoms with Gasteiger partial charge in [-0.1, -0.05) is 31.2 Å². The van der Waals surface area contributed by atoms with Gasteiger partial charge >= 0.3 is 5.97 Å². The lowest BCUT2D eigenvalue weighted by molar-refractivity contribution is 0.0697. The summed E-state index contributed by atoms with van der Waals surface area (Å²) in [5.74, 6) is -0.105. The van der Waals surface area contributed by atoms with Crippen molar-refractivity contribution in [2.75, 3.05) is 6.54 Å². The number of carboxylic acids is 1. The maximum absolute atomic E-state index is 10.8. The van der Waals surface area contributed by atoms with Crippen LogP contribution in [0.15, 0.2) is 48.5 Å². The van der Waals surface area contributed by atoms with Gasteiger partial charge < -0.3 is 15.2 Å². The molecule has 0 atom stereocenters. The van der Waals surface area contributed by atoms with Gasteiger partial charge in [-0.2, -0.15) is 0 Å². The van der Waals surface area contributed by atoms with E-state index >= 15 is 0 Å². The Labute approximate surface area is 124 Å². The van der Waals surface area contributed by atoms with Crippen molar-refractivity contribution in [2.24, 2.45) is 0 Å². The largest absolute Gasteiger partial charge is 0.489 e. The highest BCUT2D eigenvalue weighted by atomic mass is 16.5. The summed E-state index contributed by atoms with van der Waals surface area (Å²) < 4.78 is 5.74. The molecule has 4 heteroatoms. The number of nitrogens with one attached hydrogen (secondary N) is 1. The summed E-state index contributed by atoms with van der Waals surface area (Å²) in [6, 6.07) is 14.7. The molecule has 110 valence electrons. The first-order chi connectivity index (χ1) is 10.2. The molecule has 21 heavy (non-hydrogen) atoms. The van der Waals surface area contributed by atoms with E-state index in [4.69, 9.17) is 9.84 Å². The number of benzene rings is 2. The van der Waals surface area contributed by atoms with Crippen LogP contribution < -0.4 is 10.1 Å². The third-order valence-electron chi connectivity index (χ3n) is 3.08. The molecule has 0 aliphatic carbocycles. The Morgan fingerprint density at radius 2 is 1.90 bits per heavy atom. The predicted octanol–water partition coefficient (Wildman–Crippen LogP) is 3.07. The fourth-order valence-electron chi connectivity index (χ4n) is 1.92. The van der Waals surface area contributed by atoms with E-state index in [0.29, 0.717) is 6.61 Å². The summed E-state index contributed by atoms with van der Waals surface area (Å²) >= 11 is 0. The lowest BCUT2D eigenvalue weighted by atomic mass is 10.1. The van der Waals surface area contributed by atoms with Crippen molar-refractivity contribution >= 4 is 5.97 Å². The molecule has 0 aromatic heterocycles. The van der Waals surface area contributed by atoms with Crippen molar-refractivity contribution < 1.29 is 14.6 Å². The molecule has 0 heterocycles. The Morgan fingerprint density at radius 1 is 1.14 bits per heavy atom. The molecule has 2 aromatic carbocycles. The van der Waals surface area contributed by atoms with Crippen LogP contribution in [-0.2, 0) is 13.2 Å². The second-order valence-corrected chi connectivity index (χ2v) is 4.72. The molecule has 0 unspecified atom stereocenters. The quantitative estimate of drug-likeness (QED) is 0.821. The van der Waals surface area contributed by atoms with Gasteiger partial charge in [0.1, 0.15) is 12.4 Å². The molecular formula is C17H19NO3. The molecule has 0 aliphatic heterocycles. The van der Waals surface area contributed by atoms with E-state index in [9.17, 15) is 4.79 Å². The van der Waals surface area contributed by atoms with Gasteiger partial charge in [0.15, 0.2) is 0 Å². The van der Waals surface area contributed by atoms with Crippen LogP contribution in [0.5, 0.6) is 5.75 Å². The Kier molecular flexibility index (Phi) is 5.35. The smallest absolute Gasteiger partial charge is 0.335 e. The van der Waals surface area contributed by atoms with Crippen molar-refractivity contribution in [3.63, 3.8) is 0 Å². The number of ether oxygens (including phenoxy) is 1. The molecule has 2 aromatic rings. The molecular weight excluding hydrogens is 266 g/mol. The Balaban J connectivity index is 1.94. The number of carboxylic acid groups (broad SMARTS) is 1. The first-order valence-electron chi connectivity index (χ1n) is 6.93. The zero-order chi connectivity index (χ0) is 15.1. The highest BCUT2D eigenvalue weighted by Gasteiger charge is 2.02. The molecule has 4 nitrogen and oxygen atoms in total. The molecule has 0 amide bonds. The predicted molar refractivity (Wildman–Crippen MR) is 81.6 cm³/mol. The van der Waals surface area contributed by atoms with Crippen LogP contribution in [0, 0.1) is 0 Å². The lowest BCUT2D eigenvalue weighted by Gasteiger charge is -2.09.